The number of nitro benzene ring substituents is 1. The van der Waals surface area contributed by atoms with Crippen LogP contribution in [0.15, 0.2) is 60.7 Å². The van der Waals surface area contributed by atoms with Gasteiger partial charge in [-0.25, -0.2) is 4.79 Å². The maximum atomic E-state index is 12.2. The number of amides is 1. The molecule has 3 aromatic rings. The molecule has 3 aromatic carbocycles. The molecule has 3 rings (SSSR count). The first kappa shape index (κ1) is 20.0. The van der Waals surface area contributed by atoms with Gasteiger partial charge in [-0.05, 0) is 42.3 Å². The monoisotopic (exact) mass is 392 g/mol. The van der Waals surface area contributed by atoms with E-state index in [1.54, 1.807) is 0 Å². The number of aryl methyl sites for hydroxylation is 1. The fourth-order valence-corrected chi connectivity index (χ4v) is 3.19. The van der Waals surface area contributed by atoms with Gasteiger partial charge < -0.3 is 10.1 Å². The summed E-state index contributed by atoms with van der Waals surface area (Å²) in [5.41, 5.74) is 1.39. The Kier molecular flexibility index (Phi) is 5.87. The molecule has 0 heterocycles. The number of carbonyl (C=O) groups is 2. The first-order valence-electron chi connectivity index (χ1n) is 9.06. The molecule has 0 aromatic heterocycles. The zero-order valence-electron chi connectivity index (χ0n) is 16.0. The maximum Gasteiger partial charge on any atom is 0.338 e. The number of nitrogens with zero attached hydrogens (tertiary/aromatic N) is 1. The van der Waals surface area contributed by atoms with Crippen LogP contribution < -0.4 is 5.32 Å². The van der Waals surface area contributed by atoms with Crippen LogP contribution in [0.25, 0.3) is 10.8 Å². The van der Waals surface area contributed by atoms with E-state index in [0.29, 0.717) is 5.56 Å². The lowest BCUT2D eigenvalue weighted by atomic mass is 10.00. The maximum absolute atomic E-state index is 12.2. The molecule has 0 fully saturated rings. The highest BCUT2D eigenvalue weighted by Gasteiger charge is 2.17. The predicted octanol–water partition coefficient (Wildman–Crippen LogP) is 4.09. The van der Waals surface area contributed by atoms with E-state index in [1.165, 1.54) is 25.1 Å². The molecule has 0 saturated heterocycles. The second-order valence-electron chi connectivity index (χ2n) is 6.69. The van der Waals surface area contributed by atoms with Gasteiger partial charge in [0.05, 0.1) is 16.5 Å². The number of benzene rings is 3. The Morgan fingerprint density at radius 3 is 2.55 bits per heavy atom. The largest absolute Gasteiger partial charge is 0.452 e. The highest BCUT2D eigenvalue weighted by molar-refractivity contribution is 5.92. The van der Waals surface area contributed by atoms with Crippen LogP contribution >= 0.6 is 0 Å². The van der Waals surface area contributed by atoms with Gasteiger partial charge in [0.2, 0.25) is 0 Å². The Hall–Kier alpha value is -3.74. The summed E-state index contributed by atoms with van der Waals surface area (Å²) in [4.78, 5) is 34.7. The van der Waals surface area contributed by atoms with Gasteiger partial charge in [-0.3, -0.25) is 14.9 Å². The number of carbonyl (C=O) groups excluding carboxylic acids is 2. The van der Waals surface area contributed by atoms with Crippen molar-refractivity contribution in [2.75, 3.05) is 6.61 Å². The average Bonchev–Trinajstić information content (AvgIpc) is 2.71. The van der Waals surface area contributed by atoms with Crippen LogP contribution in [0.2, 0.25) is 0 Å². The van der Waals surface area contributed by atoms with Gasteiger partial charge in [0.1, 0.15) is 0 Å². The summed E-state index contributed by atoms with van der Waals surface area (Å²) in [6, 6.07) is 17.4. The number of hydrogen-bond donors (Lipinski definition) is 1. The third-order valence-electron chi connectivity index (χ3n) is 4.63. The standard InChI is InChI=1S/C22H20N2O5/c1-14-12-17(10-11-20(14)24(27)28)22(26)29-13-21(25)23-15(2)18-9-5-7-16-6-3-4-8-19(16)18/h3-12,15H,13H2,1-2H3,(H,23,25)/t15-/m1/s1. The zero-order valence-corrected chi connectivity index (χ0v) is 16.0. The molecule has 1 amide bonds. The molecule has 0 bridgehead atoms. The van der Waals surface area contributed by atoms with E-state index in [0.717, 1.165) is 16.3 Å². The van der Waals surface area contributed by atoms with Gasteiger partial charge >= 0.3 is 5.97 Å². The number of hydrogen-bond acceptors (Lipinski definition) is 5. The molecule has 0 spiro atoms. The molecule has 0 aliphatic heterocycles. The summed E-state index contributed by atoms with van der Waals surface area (Å²) < 4.78 is 5.05. The minimum atomic E-state index is -0.712. The molecule has 1 N–H and O–H groups in total. The van der Waals surface area contributed by atoms with Gasteiger partial charge in [-0.2, -0.15) is 0 Å². The number of fused-ring (bicyclic) bond motifs is 1. The van der Waals surface area contributed by atoms with Gasteiger partial charge in [-0.1, -0.05) is 42.5 Å². The molecule has 1 atom stereocenters. The minimum Gasteiger partial charge on any atom is -0.452 e. The summed E-state index contributed by atoms with van der Waals surface area (Å²) in [6.45, 7) is 2.96. The lowest BCUT2D eigenvalue weighted by Gasteiger charge is -2.16. The van der Waals surface area contributed by atoms with E-state index >= 15 is 0 Å². The quantitative estimate of drug-likeness (QED) is 0.387. The third-order valence-corrected chi connectivity index (χ3v) is 4.63. The van der Waals surface area contributed by atoms with Gasteiger partial charge in [0.25, 0.3) is 11.6 Å². The molecule has 7 nitrogen and oxygen atoms in total. The topological polar surface area (TPSA) is 98.5 Å². The summed E-state index contributed by atoms with van der Waals surface area (Å²) in [5, 5.41) is 15.8. The average molecular weight is 392 g/mol. The molecule has 148 valence electrons. The first-order chi connectivity index (χ1) is 13.9. The first-order valence-corrected chi connectivity index (χ1v) is 9.06. The fraction of sp³-hybridized carbons (Fsp3) is 0.182. The van der Waals surface area contributed by atoms with Crippen LogP contribution in [0.3, 0.4) is 0 Å². The molecular formula is C22H20N2O5. The summed E-state index contributed by atoms with van der Waals surface area (Å²) in [6.07, 6.45) is 0. The van der Waals surface area contributed by atoms with Crippen LogP contribution in [-0.2, 0) is 9.53 Å². The van der Waals surface area contributed by atoms with Crippen LogP contribution in [0.5, 0.6) is 0 Å². The van der Waals surface area contributed by atoms with Crippen LogP contribution in [-0.4, -0.2) is 23.4 Å². The number of ether oxygens (including phenoxy) is 1. The molecular weight excluding hydrogens is 372 g/mol. The fourth-order valence-electron chi connectivity index (χ4n) is 3.19. The molecule has 7 heteroatoms. The normalized spacial score (nSPS) is 11.7. The van der Waals surface area contributed by atoms with E-state index < -0.39 is 23.4 Å². The summed E-state index contributed by atoms with van der Waals surface area (Å²) >= 11 is 0. The summed E-state index contributed by atoms with van der Waals surface area (Å²) in [7, 11) is 0. The smallest absolute Gasteiger partial charge is 0.338 e. The lowest BCUT2D eigenvalue weighted by molar-refractivity contribution is -0.385. The second-order valence-corrected chi connectivity index (χ2v) is 6.69. The third kappa shape index (κ3) is 4.57. The number of esters is 1. The van der Waals surface area contributed by atoms with Crippen LogP contribution in [0.4, 0.5) is 5.69 Å². The highest BCUT2D eigenvalue weighted by Crippen LogP contribution is 2.24. The molecule has 0 aliphatic carbocycles. The van der Waals surface area contributed by atoms with E-state index in [2.05, 4.69) is 5.32 Å². The SMILES string of the molecule is Cc1cc(C(=O)OCC(=O)N[C@H](C)c2cccc3ccccc23)ccc1[N+](=O)[O-]. The number of nitrogens with one attached hydrogen (secondary N) is 1. The van der Waals surface area contributed by atoms with E-state index in [-0.39, 0.29) is 17.3 Å². The van der Waals surface area contributed by atoms with Crippen LogP contribution in [0.1, 0.15) is 34.5 Å². The number of nitro groups is 1. The molecule has 29 heavy (non-hydrogen) atoms. The zero-order chi connectivity index (χ0) is 21.0. The van der Waals surface area contributed by atoms with Gasteiger partial charge in [-0.15, -0.1) is 0 Å². The van der Waals surface area contributed by atoms with E-state index in [1.807, 2.05) is 49.4 Å². The van der Waals surface area contributed by atoms with Crippen molar-refractivity contribution in [1.82, 2.24) is 5.32 Å². The van der Waals surface area contributed by atoms with Crippen molar-refractivity contribution >= 4 is 28.3 Å². The molecule has 0 saturated carbocycles. The van der Waals surface area contributed by atoms with E-state index in [9.17, 15) is 19.7 Å². The Morgan fingerprint density at radius 2 is 1.83 bits per heavy atom. The molecule has 0 aliphatic rings. The lowest BCUT2D eigenvalue weighted by Crippen LogP contribution is -2.31. The van der Waals surface area contributed by atoms with Gasteiger partial charge in [0.15, 0.2) is 6.61 Å². The van der Waals surface area contributed by atoms with Crippen molar-refractivity contribution in [1.29, 1.82) is 0 Å². The van der Waals surface area contributed by atoms with Crippen molar-refractivity contribution in [2.24, 2.45) is 0 Å². The van der Waals surface area contributed by atoms with Crippen molar-refractivity contribution in [2.45, 2.75) is 19.9 Å². The van der Waals surface area contributed by atoms with E-state index in [4.69, 9.17) is 4.74 Å². The van der Waals surface area contributed by atoms with Crippen molar-refractivity contribution in [3.8, 4) is 0 Å². The minimum absolute atomic E-state index is 0.0804. The highest BCUT2D eigenvalue weighted by atomic mass is 16.6. The second kappa shape index (κ2) is 8.52. The van der Waals surface area contributed by atoms with Crippen LogP contribution in [0, 0.1) is 17.0 Å². The predicted molar refractivity (Wildman–Crippen MR) is 109 cm³/mol. The van der Waals surface area contributed by atoms with Crippen molar-refractivity contribution in [3.63, 3.8) is 0 Å². The molecule has 0 unspecified atom stereocenters. The van der Waals surface area contributed by atoms with Gasteiger partial charge in [0, 0.05) is 11.6 Å². The Morgan fingerprint density at radius 1 is 1.10 bits per heavy atom. The molecule has 0 radical (unpaired) electrons. The number of rotatable bonds is 6. The Bertz CT molecular complexity index is 1090. The van der Waals surface area contributed by atoms with Crippen molar-refractivity contribution in [3.05, 3.63) is 87.5 Å². The van der Waals surface area contributed by atoms with Crippen molar-refractivity contribution < 1.29 is 19.2 Å². The Balaban J connectivity index is 1.61. The Labute approximate surface area is 167 Å². The summed E-state index contributed by atoms with van der Waals surface area (Å²) in [5.74, 6) is -1.15.